The van der Waals surface area contributed by atoms with Crippen molar-refractivity contribution in [3.63, 3.8) is 0 Å². The smallest absolute Gasteiger partial charge is 0.387 e. The number of rotatable bonds is 10. The molecule has 4 rings (SSSR count). The third-order valence-corrected chi connectivity index (χ3v) is 6.05. The molecule has 5 N–H and O–H groups in total. The predicted octanol–water partition coefficient (Wildman–Crippen LogP) is 2.90. The van der Waals surface area contributed by atoms with Gasteiger partial charge in [0.25, 0.3) is 5.91 Å². The fourth-order valence-corrected chi connectivity index (χ4v) is 4.11. The quantitative estimate of drug-likeness (QED) is 0.272. The van der Waals surface area contributed by atoms with Crippen LogP contribution < -0.4 is 26.0 Å². The molecule has 1 unspecified atom stereocenters. The molecule has 12 heteroatoms. The molecule has 0 saturated carbocycles. The average molecular weight is 527 g/mol. The first-order chi connectivity index (χ1) is 18.4. The fraction of sp³-hybridized carbons (Fsp3) is 0.308. The minimum Gasteiger partial charge on any atom is -0.434 e. The summed E-state index contributed by atoms with van der Waals surface area (Å²) in [4.78, 5) is 32.8. The van der Waals surface area contributed by atoms with Crippen molar-refractivity contribution in [2.24, 2.45) is 0 Å². The number of nitrogens with zero attached hydrogens (tertiary/aromatic N) is 2. The number of amides is 2. The second kappa shape index (κ2) is 12.3. The number of ether oxygens (including phenoxy) is 1. The number of carbonyl (C=O) groups excluding carboxylic acids is 2. The van der Waals surface area contributed by atoms with Gasteiger partial charge in [-0.15, -0.1) is 0 Å². The molecule has 1 atom stereocenters. The Balaban J connectivity index is 1.56. The monoisotopic (exact) mass is 526 g/mol. The SMILES string of the molecule is CNC(=O)c1ccc(-c2cnc(NC3CCNC(=O)C3)nc2)cc1NCc1cc(CO)ccc1OC(F)F. The number of nitrogens with one attached hydrogen (secondary N) is 4. The van der Waals surface area contributed by atoms with Crippen LogP contribution in [0.15, 0.2) is 48.8 Å². The summed E-state index contributed by atoms with van der Waals surface area (Å²) in [7, 11) is 1.51. The third kappa shape index (κ3) is 6.71. The number of halogens is 2. The summed E-state index contributed by atoms with van der Waals surface area (Å²) in [6.45, 7) is -2.62. The van der Waals surface area contributed by atoms with E-state index in [1.807, 2.05) is 0 Å². The Hall–Kier alpha value is -4.32. The lowest BCUT2D eigenvalue weighted by Crippen LogP contribution is -2.39. The van der Waals surface area contributed by atoms with Crippen LogP contribution in [0.4, 0.5) is 20.4 Å². The highest BCUT2D eigenvalue weighted by Gasteiger charge is 2.20. The molecule has 1 fully saturated rings. The van der Waals surface area contributed by atoms with Crippen molar-refractivity contribution in [3.05, 3.63) is 65.5 Å². The van der Waals surface area contributed by atoms with Crippen molar-refractivity contribution >= 4 is 23.5 Å². The number of piperidine rings is 1. The van der Waals surface area contributed by atoms with Crippen LogP contribution >= 0.6 is 0 Å². The normalized spacial score (nSPS) is 15.1. The molecule has 2 aromatic carbocycles. The highest BCUT2D eigenvalue weighted by Crippen LogP contribution is 2.28. The number of hydrogen-bond acceptors (Lipinski definition) is 8. The zero-order chi connectivity index (χ0) is 27.1. The maximum atomic E-state index is 12.9. The van der Waals surface area contributed by atoms with Crippen LogP contribution in [0, 0.1) is 0 Å². The first-order valence-corrected chi connectivity index (χ1v) is 12.0. The molecule has 1 saturated heterocycles. The largest absolute Gasteiger partial charge is 0.434 e. The minimum absolute atomic E-state index is 0.0161. The fourth-order valence-electron chi connectivity index (χ4n) is 4.11. The van der Waals surface area contributed by atoms with Gasteiger partial charge in [0, 0.05) is 61.8 Å². The van der Waals surface area contributed by atoms with Gasteiger partial charge in [-0.1, -0.05) is 12.1 Å². The first kappa shape index (κ1) is 26.7. The number of aliphatic hydroxyl groups is 1. The Labute approximate surface area is 217 Å². The molecule has 2 amide bonds. The Morgan fingerprint density at radius 1 is 1.18 bits per heavy atom. The lowest BCUT2D eigenvalue weighted by Gasteiger charge is -2.23. The third-order valence-electron chi connectivity index (χ3n) is 6.05. The molecule has 200 valence electrons. The van der Waals surface area contributed by atoms with Gasteiger partial charge in [-0.3, -0.25) is 9.59 Å². The Bertz CT molecular complexity index is 1290. The van der Waals surface area contributed by atoms with E-state index in [0.717, 1.165) is 12.0 Å². The maximum Gasteiger partial charge on any atom is 0.387 e. The average Bonchev–Trinajstić information content (AvgIpc) is 2.92. The number of benzene rings is 2. The Morgan fingerprint density at radius 3 is 2.66 bits per heavy atom. The van der Waals surface area contributed by atoms with Gasteiger partial charge in [-0.2, -0.15) is 8.78 Å². The molecule has 0 radical (unpaired) electrons. The number of carbonyl (C=O) groups is 2. The zero-order valence-corrected chi connectivity index (χ0v) is 20.6. The molecular weight excluding hydrogens is 498 g/mol. The molecule has 1 aliphatic heterocycles. The number of anilines is 2. The van der Waals surface area contributed by atoms with E-state index in [2.05, 4.69) is 36.0 Å². The second-order valence-electron chi connectivity index (χ2n) is 8.65. The molecule has 2 heterocycles. The van der Waals surface area contributed by atoms with Crippen LogP contribution in [-0.2, 0) is 17.9 Å². The van der Waals surface area contributed by atoms with E-state index in [0.29, 0.717) is 46.9 Å². The Kier molecular flexibility index (Phi) is 8.64. The van der Waals surface area contributed by atoms with Crippen LogP contribution in [-0.4, -0.2) is 53.1 Å². The summed E-state index contributed by atoms with van der Waals surface area (Å²) in [5, 5.41) is 21.1. The molecule has 0 aliphatic carbocycles. The molecule has 1 aromatic heterocycles. The van der Waals surface area contributed by atoms with Gasteiger partial charge in [-0.05, 0) is 41.8 Å². The van der Waals surface area contributed by atoms with E-state index in [4.69, 9.17) is 0 Å². The van der Waals surface area contributed by atoms with Crippen LogP contribution in [0.25, 0.3) is 11.1 Å². The van der Waals surface area contributed by atoms with Gasteiger partial charge in [0.15, 0.2) is 0 Å². The number of hydrogen-bond donors (Lipinski definition) is 5. The molecule has 10 nitrogen and oxygen atoms in total. The lowest BCUT2D eigenvalue weighted by atomic mass is 10.0. The standard InChI is InChI=1S/C26H28F2N6O4/c1-29-24(37)20-4-3-16(18-12-32-26(33-13-18)34-19-6-7-30-23(36)10-19)9-21(20)31-11-17-8-15(14-35)2-5-22(17)38-25(27)28/h2-5,8-9,12-13,19,25,31,35H,6-7,10-11,14H2,1H3,(H,29,37)(H,30,36)(H,32,33,34). The summed E-state index contributed by atoms with van der Waals surface area (Å²) in [6, 6.07) is 9.53. The van der Waals surface area contributed by atoms with Crippen molar-refractivity contribution in [1.82, 2.24) is 20.6 Å². The molecule has 3 aromatic rings. The summed E-state index contributed by atoms with van der Waals surface area (Å²) in [6.07, 6.45) is 4.40. The topological polar surface area (TPSA) is 138 Å². The maximum absolute atomic E-state index is 12.9. The molecule has 0 spiro atoms. The van der Waals surface area contributed by atoms with Gasteiger partial charge >= 0.3 is 6.61 Å². The molecule has 0 bridgehead atoms. The van der Waals surface area contributed by atoms with Crippen molar-refractivity contribution < 1.29 is 28.2 Å². The molecular formula is C26H28F2N6O4. The van der Waals surface area contributed by atoms with Crippen LogP contribution in [0.1, 0.15) is 34.3 Å². The van der Waals surface area contributed by atoms with E-state index in [1.54, 1.807) is 36.7 Å². The molecule has 1 aliphatic rings. The van der Waals surface area contributed by atoms with Gasteiger partial charge < -0.3 is 31.1 Å². The van der Waals surface area contributed by atoms with Crippen molar-refractivity contribution in [3.8, 4) is 16.9 Å². The van der Waals surface area contributed by atoms with Crippen molar-refractivity contribution in [2.45, 2.75) is 38.6 Å². The predicted molar refractivity (Wildman–Crippen MR) is 137 cm³/mol. The summed E-state index contributed by atoms with van der Waals surface area (Å²) in [5.74, 6) is 0.0236. The van der Waals surface area contributed by atoms with Crippen molar-refractivity contribution in [1.29, 1.82) is 0 Å². The van der Waals surface area contributed by atoms with Crippen molar-refractivity contribution in [2.75, 3.05) is 24.2 Å². The van der Waals surface area contributed by atoms with Crippen LogP contribution in [0.2, 0.25) is 0 Å². The van der Waals surface area contributed by atoms with E-state index >= 15 is 0 Å². The van der Waals surface area contributed by atoms with E-state index in [-0.39, 0.29) is 36.8 Å². The van der Waals surface area contributed by atoms with E-state index < -0.39 is 6.61 Å². The lowest BCUT2D eigenvalue weighted by molar-refractivity contribution is -0.122. The zero-order valence-electron chi connectivity index (χ0n) is 20.6. The number of alkyl halides is 2. The van der Waals surface area contributed by atoms with Crippen LogP contribution in [0.5, 0.6) is 5.75 Å². The van der Waals surface area contributed by atoms with Gasteiger partial charge in [-0.25, -0.2) is 9.97 Å². The Morgan fingerprint density at radius 2 is 1.97 bits per heavy atom. The first-order valence-electron chi connectivity index (χ1n) is 12.0. The summed E-state index contributed by atoms with van der Waals surface area (Å²) in [5.41, 5.74) is 3.13. The number of aliphatic hydroxyl groups excluding tert-OH is 1. The summed E-state index contributed by atoms with van der Waals surface area (Å²) < 4.78 is 30.4. The highest BCUT2D eigenvalue weighted by atomic mass is 19.3. The van der Waals surface area contributed by atoms with E-state index in [1.165, 1.54) is 19.2 Å². The van der Waals surface area contributed by atoms with E-state index in [9.17, 15) is 23.5 Å². The highest BCUT2D eigenvalue weighted by molar-refractivity contribution is 6.00. The second-order valence-corrected chi connectivity index (χ2v) is 8.65. The minimum atomic E-state index is -3.01. The number of aromatic nitrogens is 2. The van der Waals surface area contributed by atoms with Gasteiger partial charge in [0.2, 0.25) is 11.9 Å². The van der Waals surface area contributed by atoms with Crippen LogP contribution in [0.3, 0.4) is 0 Å². The van der Waals surface area contributed by atoms with Gasteiger partial charge in [0.05, 0.1) is 12.2 Å². The summed E-state index contributed by atoms with van der Waals surface area (Å²) >= 11 is 0. The van der Waals surface area contributed by atoms with Gasteiger partial charge in [0.1, 0.15) is 5.75 Å². The molecule has 38 heavy (non-hydrogen) atoms.